The topological polar surface area (TPSA) is 22.1 Å². The number of thioether (sulfide) groups is 1. The third-order valence-corrected chi connectivity index (χ3v) is 3.21. The van der Waals surface area contributed by atoms with Crippen LogP contribution in [0.1, 0.15) is 5.56 Å². The smallest absolute Gasteiger partial charge is 0.138 e. The molecule has 0 unspecified atom stereocenters. The fraction of sp³-hybridized carbons (Fsp3) is 0.154. The van der Waals surface area contributed by atoms with Crippen LogP contribution in [0.5, 0.6) is 5.75 Å². The van der Waals surface area contributed by atoms with Gasteiger partial charge in [0.1, 0.15) is 5.75 Å². The molecule has 1 heterocycles. The van der Waals surface area contributed by atoms with Crippen LogP contribution in [0.2, 0.25) is 0 Å². The Labute approximate surface area is 99.7 Å². The van der Waals surface area contributed by atoms with Crippen molar-refractivity contribution in [3.63, 3.8) is 0 Å². The zero-order chi connectivity index (χ0) is 11.2. The monoisotopic (exact) mass is 231 g/mol. The molecule has 2 rings (SSSR count). The van der Waals surface area contributed by atoms with E-state index < -0.39 is 0 Å². The van der Waals surface area contributed by atoms with Gasteiger partial charge in [-0.05, 0) is 11.6 Å². The van der Waals surface area contributed by atoms with Crippen molar-refractivity contribution in [3.05, 3.63) is 54.4 Å². The Kier molecular flexibility index (Phi) is 3.83. The number of methoxy groups -OCH3 is 1. The molecule has 0 amide bonds. The fourth-order valence-corrected chi connectivity index (χ4v) is 2.19. The van der Waals surface area contributed by atoms with Gasteiger partial charge >= 0.3 is 0 Å². The second kappa shape index (κ2) is 5.56. The molecule has 0 fully saturated rings. The van der Waals surface area contributed by atoms with E-state index in [1.807, 2.05) is 18.3 Å². The van der Waals surface area contributed by atoms with E-state index in [1.165, 1.54) is 5.56 Å². The number of pyridine rings is 1. The van der Waals surface area contributed by atoms with Crippen LogP contribution < -0.4 is 4.74 Å². The summed E-state index contributed by atoms with van der Waals surface area (Å²) < 4.78 is 5.13. The molecule has 0 aliphatic heterocycles. The van der Waals surface area contributed by atoms with E-state index >= 15 is 0 Å². The summed E-state index contributed by atoms with van der Waals surface area (Å²) in [5, 5.41) is 0. The molecule has 0 N–H and O–H groups in total. The maximum absolute atomic E-state index is 5.13. The Bertz CT molecular complexity index is 445. The van der Waals surface area contributed by atoms with Crippen LogP contribution in [-0.2, 0) is 5.75 Å². The highest BCUT2D eigenvalue weighted by Gasteiger charge is 1.98. The Morgan fingerprint density at radius 2 is 2.00 bits per heavy atom. The lowest BCUT2D eigenvalue weighted by atomic mass is 10.2. The average molecular weight is 231 g/mol. The molecule has 16 heavy (non-hydrogen) atoms. The summed E-state index contributed by atoms with van der Waals surface area (Å²) in [6, 6.07) is 12.4. The second-order valence-electron chi connectivity index (χ2n) is 3.33. The maximum atomic E-state index is 5.13. The Morgan fingerprint density at radius 3 is 2.75 bits per heavy atom. The summed E-state index contributed by atoms with van der Waals surface area (Å²) in [4.78, 5) is 5.25. The SMILES string of the molecule is COc1cncc(SCc2ccccc2)c1. The van der Waals surface area contributed by atoms with Crippen LogP contribution in [0.4, 0.5) is 0 Å². The predicted octanol–water partition coefficient (Wildman–Crippen LogP) is 3.38. The summed E-state index contributed by atoms with van der Waals surface area (Å²) >= 11 is 1.76. The van der Waals surface area contributed by atoms with Gasteiger partial charge in [-0.25, -0.2) is 0 Å². The van der Waals surface area contributed by atoms with Crippen LogP contribution in [0.3, 0.4) is 0 Å². The van der Waals surface area contributed by atoms with Crippen LogP contribution in [0, 0.1) is 0 Å². The Morgan fingerprint density at radius 1 is 1.19 bits per heavy atom. The molecule has 0 saturated heterocycles. The number of hydrogen-bond donors (Lipinski definition) is 0. The third kappa shape index (κ3) is 3.00. The molecule has 0 saturated carbocycles. The largest absolute Gasteiger partial charge is 0.495 e. The first-order valence-electron chi connectivity index (χ1n) is 5.04. The van der Waals surface area contributed by atoms with Crippen molar-refractivity contribution < 1.29 is 4.74 Å². The standard InChI is InChI=1S/C13H13NOS/c1-15-12-7-13(9-14-8-12)16-10-11-5-3-2-4-6-11/h2-9H,10H2,1H3. The summed E-state index contributed by atoms with van der Waals surface area (Å²) in [6.45, 7) is 0. The zero-order valence-corrected chi connectivity index (χ0v) is 9.91. The molecule has 2 nitrogen and oxygen atoms in total. The lowest BCUT2D eigenvalue weighted by Gasteiger charge is -2.03. The number of rotatable bonds is 4. The molecule has 0 radical (unpaired) electrons. The van der Waals surface area contributed by atoms with Gasteiger partial charge in [0.2, 0.25) is 0 Å². The third-order valence-electron chi connectivity index (χ3n) is 2.17. The van der Waals surface area contributed by atoms with Crippen molar-refractivity contribution in [2.45, 2.75) is 10.6 Å². The van der Waals surface area contributed by atoms with Crippen molar-refractivity contribution in [2.24, 2.45) is 0 Å². The molecule has 2 aromatic rings. The van der Waals surface area contributed by atoms with E-state index in [0.717, 1.165) is 16.4 Å². The molecule has 0 spiro atoms. The lowest BCUT2D eigenvalue weighted by Crippen LogP contribution is -1.85. The van der Waals surface area contributed by atoms with Gasteiger partial charge in [-0.15, -0.1) is 11.8 Å². The van der Waals surface area contributed by atoms with Gasteiger partial charge in [0.25, 0.3) is 0 Å². The molecular formula is C13H13NOS. The van der Waals surface area contributed by atoms with Crippen LogP contribution in [-0.4, -0.2) is 12.1 Å². The Balaban J connectivity index is 1.99. The van der Waals surface area contributed by atoms with E-state index in [4.69, 9.17) is 4.74 Å². The second-order valence-corrected chi connectivity index (χ2v) is 4.38. The molecule has 0 atom stereocenters. The van der Waals surface area contributed by atoms with Crippen molar-refractivity contribution in [3.8, 4) is 5.75 Å². The minimum atomic E-state index is 0.804. The first-order chi connectivity index (χ1) is 7.88. The van der Waals surface area contributed by atoms with Crippen molar-refractivity contribution in [1.29, 1.82) is 0 Å². The van der Waals surface area contributed by atoms with E-state index in [1.54, 1.807) is 25.1 Å². The first kappa shape index (κ1) is 11.0. The van der Waals surface area contributed by atoms with Crippen LogP contribution >= 0.6 is 11.8 Å². The number of hydrogen-bond acceptors (Lipinski definition) is 3. The molecule has 82 valence electrons. The molecule has 1 aromatic heterocycles. The van der Waals surface area contributed by atoms with Gasteiger partial charge in [0, 0.05) is 16.8 Å². The predicted molar refractivity (Wildman–Crippen MR) is 66.8 cm³/mol. The van der Waals surface area contributed by atoms with Gasteiger partial charge < -0.3 is 4.74 Å². The number of ether oxygens (including phenoxy) is 1. The molecule has 3 heteroatoms. The van der Waals surface area contributed by atoms with E-state index in [2.05, 4.69) is 29.2 Å². The van der Waals surface area contributed by atoms with Gasteiger partial charge in [0.05, 0.1) is 13.3 Å². The number of benzene rings is 1. The summed E-state index contributed by atoms with van der Waals surface area (Å²) in [6.07, 6.45) is 3.57. The van der Waals surface area contributed by atoms with Gasteiger partial charge in [-0.2, -0.15) is 0 Å². The van der Waals surface area contributed by atoms with E-state index in [9.17, 15) is 0 Å². The minimum absolute atomic E-state index is 0.804. The molecule has 0 aliphatic rings. The average Bonchev–Trinajstić information content (AvgIpc) is 2.38. The van der Waals surface area contributed by atoms with E-state index in [-0.39, 0.29) is 0 Å². The molecular weight excluding hydrogens is 218 g/mol. The summed E-state index contributed by atoms with van der Waals surface area (Å²) in [5.41, 5.74) is 1.32. The summed E-state index contributed by atoms with van der Waals surface area (Å²) in [7, 11) is 1.66. The van der Waals surface area contributed by atoms with E-state index in [0.29, 0.717) is 0 Å². The summed E-state index contributed by atoms with van der Waals surface area (Å²) in [5.74, 6) is 1.76. The van der Waals surface area contributed by atoms with Gasteiger partial charge in [-0.1, -0.05) is 30.3 Å². The quantitative estimate of drug-likeness (QED) is 0.753. The normalized spacial score (nSPS) is 10.1. The maximum Gasteiger partial charge on any atom is 0.138 e. The van der Waals surface area contributed by atoms with Crippen LogP contribution in [0.15, 0.2) is 53.7 Å². The highest BCUT2D eigenvalue weighted by molar-refractivity contribution is 7.98. The van der Waals surface area contributed by atoms with Crippen LogP contribution in [0.25, 0.3) is 0 Å². The van der Waals surface area contributed by atoms with Crippen molar-refractivity contribution >= 4 is 11.8 Å². The van der Waals surface area contributed by atoms with Gasteiger partial charge in [0.15, 0.2) is 0 Å². The zero-order valence-electron chi connectivity index (χ0n) is 9.09. The number of aromatic nitrogens is 1. The molecule has 0 aliphatic carbocycles. The Hall–Kier alpha value is -1.48. The highest BCUT2D eigenvalue weighted by Crippen LogP contribution is 2.24. The fourth-order valence-electron chi connectivity index (χ4n) is 1.33. The highest BCUT2D eigenvalue weighted by atomic mass is 32.2. The first-order valence-corrected chi connectivity index (χ1v) is 6.03. The molecule has 0 bridgehead atoms. The number of nitrogens with zero attached hydrogens (tertiary/aromatic N) is 1. The molecule has 1 aromatic carbocycles. The van der Waals surface area contributed by atoms with Crippen molar-refractivity contribution in [2.75, 3.05) is 7.11 Å². The van der Waals surface area contributed by atoms with Gasteiger partial charge in [-0.3, -0.25) is 4.98 Å². The van der Waals surface area contributed by atoms with Crippen molar-refractivity contribution in [1.82, 2.24) is 4.98 Å². The lowest BCUT2D eigenvalue weighted by molar-refractivity contribution is 0.411. The minimum Gasteiger partial charge on any atom is -0.495 e.